The van der Waals surface area contributed by atoms with Crippen molar-refractivity contribution in [2.75, 3.05) is 13.2 Å². The van der Waals surface area contributed by atoms with Gasteiger partial charge in [0.15, 0.2) is 0 Å². The molecule has 22 heavy (non-hydrogen) atoms. The highest BCUT2D eigenvalue weighted by atomic mass is 32.1. The summed E-state index contributed by atoms with van der Waals surface area (Å²) in [6.45, 7) is 3.50. The largest absolute Gasteiger partial charge is 0.376 e. The highest BCUT2D eigenvalue weighted by Gasteiger charge is 2.16. The minimum Gasteiger partial charge on any atom is -0.376 e. The van der Waals surface area contributed by atoms with Gasteiger partial charge in [0, 0.05) is 29.7 Å². The van der Waals surface area contributed by atoms with Crippen molar-refractivity contribution in [3.8, 4) is 11.3 Å². The van der Waals surface area contributed by atoms with E-state index in [1.807, 2.05) is 24.3 Å². The summed E-state index contributed by atoms with van der Waals surface area (Å²) in [5.41, 5.74) is 2.70. The number of thiazole rings is 1. The molecule has 1 aromatic carbocycles. The Labute approximate surface area is 134 Å². The molecule has 1 N–H and O–H groups in total. The highest BCUT2D eigenvalue weighted by Crippen LogP contribution is 2.22. The standard InChI is InChI=1S/C17H20N2O2S/c1-2-16-19-15(11-22-16)12-5-7-13(8-6-12)17(20)18-10-14-4-3-9-21-14/h5-8,11,14H,2-4,9-10H2,1H3,(H,18,20). The van der Waals surface area contributed by atoms with Crippen molar-refractivity contribution in [2.45, 2.75) is 32.3 Å². The van der Waals surface area contributed by atoms with Crippen LogP contribution in [0, 0.1) is 0 Å². The molecule has 1 amide bonds. The van der Waals surface area contributed by atoms with Crippen LogP contribution in [0.25, 0.3) is 11.3 Å². The maximum Gasteiger partial charge on any atom is 0.251 e. The number of rotatable bonds is 5. The number of aryl methyl sites for hydroxylation is 1. The Morgan fingerprint density at radius 1 is 1.41 bits per heavy atom. The first-order valence-corrected chi connectivity index (χ1v) is 8.59. The molecule has 2 aromatic rings. The second-order valence-electron chi connectivity index (χ2n) is 5.40. The monoisotopic (exact) mass is 316 g/mol. The van der Waals surface area contributed by atoms with Gasteiger partial charge in [-0.1, -0.05) is 19.1 Å². The van der Waals surface area contributed by atoms with E-state index in [1.165, 1.54) is 0 Å². The van der Waals surface area contributed by atoms with E-state index in [0.717, 1.165) is 42.1 Å². The Bertz CT molecular complexity index is 630. The molecule has 5 heteroatoms. The van der Waals surface area contributed by atoms with Gasteiger partial charge in [-0.3, -0.25) is 4.79 Å². The molecule has 1 atom stereocenters. The summed E-state index contributed by atoms with van der Waals surface area (Å²) in [6, 6.07) is 7.61. The average Bonchev–Trinajstić information content (AvgIpc) is 3.24. The van der Waals surface area contributed by atoms with Crippen LogP contribution in [0.5, 0.6) is 0 Å². The number of amides is 1. The van der Waals surface area contributed by atoms with Crippen LogP contribution in [-0.2, 0) is 11.2 Å². The fraction of sp³-hybridized carbons (Fsp3) is 0.412. The second kappa shape index (κ2) is 7.03. The van der Waals surface area contributed by atoms with Gasteiger partial charge in [0.05, 0.1) is 16.8 Å². The molecule has 0 aliphatic carbocycles. The number of hydrogen-bond donors (Lipinski definition) is 1. The zero-order chi connectivity index (χ0) is 15.4. The van der Waals surface area contributed by atoms with Crippen molar-refractivity contribution in [3.63, 3.8) is 0 Å². The fourth-order valence-corrected chi connectivity index (χ4v) is 3.27. The lowest BCUT2D eigenvalue weighted by Gasteiger charge is -2.10. The molecule has 1 fully saturated rings. The number of aromatic nitrogens is 1. The maximum absolute atomic E-state index is 12.1. The second-order valence-corrected chi connectivity index (χ2v) is 6.35. The van der Waals surface area contributed by atoms with Crippen LogP contribution in [-0.4, -0.2) is 30.1 Å². The first-order valence-electron chi connectivity index (χ1n) is 7.71. The normalized spacial score (nSPS) is 17.6. The van der Waals surface area contributed by atoms with Crippen molar-refractivity contribution in [1.82, 2.24) is 10.3 Å². The van der Waals surface area contributed by atoms with Gasteiger partial charge in [-0.15, -0.1) is 11.3 Å². The van der Waals surface area contributed by atoms with Crippen LogP contribution in [0.1, 0.15) is 35.1 Å². The van der Waals surface area contributed by atoms with Crippen LogP contribution in [0.4, 0.5) is 0 Å². The van der Waals surface area contributed by atoms with Gasteiger partial charge >= 0.3 is 0 Å². The van der Waals surface area contributed by atoms with E-state index in [-0.39, 0.29) is 12.0 Å². The lowest BCUT2D eigenvalue weighted by Crippen LogP contribution is -2.31. The molecule has 2 heterocycles. The predicted molar refractivity (Wildman–Crippen MR) is 88.2 cm³/mol. The van der Waals surface area contributed by atoms with E-state index in [2.05, 4.69) is 22.6 Å². The molecule has 116 valence electrons. The first kappa shape index (κ1) is 15.2. The van der Waals surface area contributed by atoms with Crippen LogP contribution in [0.3, 0.4) is 0 Å². The summed E-state index contributed by atoms with van der Waals surface area (Å²) in [7, 11) is 0. The molecule has 0 radical (unpaired) electrons. The van der Waals surface area contributed by atoms with Gasteiger partial charge in [-0.05, 0) is 31.4 Å². The van der Waals surface area contributed by atoms with Crippen molar-refractivity contribution >= 4 is 17.2 Å². The number of carbonyl (C=O) groups is 1. The molecular formula is C17H20N2O2S. The molecule has 1 saturated heterocycles. The zero-order valence-electron chi connectivity index (χ0n) is 12.7. The lowest BCUT2D eigenvalue weighted by atomic mass is 10.1. The Morgan fingerprint density at radius 2 is 2.23 bits per heavy atom. The van der Waals surface area contributed by atoms with Crippen LogP contribution in [0.2, 0.25) is 0 Å². The quantitative estimate of drug-likeness (QED) is 0.921. The number of nitrogens with zero attached hydrogens (tertiary/aromatic N) is 1. The molecule has 0 bridgehead atoms. The number of benzene rings is 1. The SMILES string of the molecule is CCc1nc(-c2ccc(C(=O)NCC3CCCO3)cc2)cs1. The Balaban J connectivity index is 1.61. The Kier molecular flexibility index (Phi) is 4.85. The fourth-order valence-electron chi connectivity index (χ4n) is 2.51. The number of carbonyl (C=O) groups excluding carboxylic acids is 1. The minimum absolute atomic E-state index is 0.0467. The smallest absolute Gasteiger partial charge is 0.251 e. The number of nitrogens with one attached hydrogen (secondary N) is 1. The van der Waals surface area contributed by atoms with E-state index >= 15 is 0 Å². The van der Waals surface area contributed by atoms with Crippen LogP contribution >= 0.6 is 11.3 Å². The zero-order valence-corrected chi connectivity index (χ0v) is 13.5. The van der Waals surface area contributed by atoms with Crippen molar-refractivity contribution < 1.29 is 9.53 Å². The molecule has 1 aliphatic heterocycles. The summed E-state index contributed by atoms with van der Waals surface area (Å²) in [5.74, 6) is -0.0467. The van der Waals surface area contributed by atoms with Gasteiger partial charge in [-0.2, -0.15) is 0 Å². The van der Waals surface area contributed by atoms with E-state index in [4.69, 9.17) is 4.74 Å². The molecule has 3 rings (SSSR count). The van der Waals surface area contributed by atoms with Gasteiger partial charge < -0.3 is 10.1 Å². The molecule has 1 aromatic heterocycles. The lowest BCUT2D eigenvalue weighted by molar-refractivity contribution is 0.0858. The third-order valence-electron chi connectivity index (χ3n) is 3.81. The van der Waals surface area contributed by atoms with E-state index in [0.29, 0.717) is 12.1 Å². The Morgan fingerprint density at radius 3 is 2.86 bits per heavy atom. The molecule has 4 nitrogen and oxygen atoms in total. The highest BCUT2D eigenvalue weighted by molar-refractivity contribution is 7.09. The van der Waals surface area contributed by atoms with E-state index in [1.54, 1.807) is 11.3 Å². The topological polar surface area (TPSA) is 51.2 Å². The third kappa shape index (κ3) is 3.54. The molecule has 0 spiro atoms. The van der Waals surface area contributed by atoms with Crippen molar-refractivity contribution in [1.29, 1.82) is 0 Å². The summed E-state index contributed by atoms with van der Waals surface area (Å²) in [4.78, 5) is 16.7. The summed E-state index contributed by atoms with van der Waals surface area (Å²) >= 11 is 1.67. The van der Waals surface area contributed by atoms with E-state index in [9.17, 15) is 4.79 Å². The number of hydrogen-bond acceptors (Lipinski definition) is 4. The van der Waals surface area contributed by atoms with Gasteiger partial charge in [0.1, 0.15) is 0 Å². The predicted octanol–water partition coefficient (Wildman–Crippen LogP) is 3.28. The summed E-state index contributed by atoms with van der Waals surface area (Å²) in [6.07, 6.45) is 3.24. The molecule has 1 aliphatic rings. The first-order chi connectivity index (χ1) is 10.8. The number of ether oxygens (including phenoxy) is 1. The molecule has 1 unspecified atom stereocenters. The van der Waals surface area contributed by atoms with Gasteiger partial charge in [0.25, 0.3) is 5.91 Å². The van der Waals surface area contributed by atoms with E-state index < -0.39 is 0 Å². The third-order valence-corrected chi connectivity index (χ3v) is 4.80. The van der Waals surface area contributed by atoms with Gasteiger partial charge in [-0.25, -0.2) is 4.98 Å². The average molecular weight is 316 g/mol. The van der Waals surface area contributed by atoms with Crippen LogP contribution < -0.4 is 5.32 Å². The maximum atomic E-state index is 12.1. The van der Waals surface area contributed by atoms with Crippen molar-refractivity contribution in [2.24, 2.45) is 0 Å². The minimum atomic E-state index is -0.0467. The van der Waals surface area contributed by atoms with Gasteiger partial charge in [0.2, 0.25) is 0 Å². The summed E-state index contributed by atoms with van der Waals surface area (Å²) < 4.78 is 5.51. The summed E-state index contributed by atoms with van der Waals surface area (Å²) in [5, 5.41) is 6.13. The van der Waals surface area contributed by atoms with Crippen LogP contribution in [0.15, 0.2) is 29.6 Å². The molecular weight excluding hydrogens is 296 g/mol. The van der Waals surface area contributed by atoms with Crippen molar-refractivity contribution in [3.05, 3.63) is 40.2 Å². The Hall–Kier alpha value is -1.72. The molecule has 0 saturated carbocycles.